The van der Waals surface area contributed by atoms with E-state index in [1.807, 2.05) is 6.92 Å². The average molecular weight is 308 g/mol. The van der Waals surface area contributed by atoms with Crippen LogP contribution in [0.25, 0.3) is 0 Å². The van der Waals surface area contributed by atoms with E-state index in [-0.39, 0.29) is 23.9 Å². The van der Waals surface area contributed by atoms with Crippen LogP contribution in [0.15, 0.2) is 0 Å². The molecule has 0 aliphatic carbocycles. The number of likely N-dealkylation sites (N-methyl/N-ethyl adjacent to an activating group) is 1. The van der Waals surface area contributed by atoms with Gasteiger partial charge in [-0.15, -0.1) is 12.4 Å². The molecule has 1 atom stereocenters. The molecule has 1 saturated heterocycles. The number of hydrogen-bond acceptors (Lipinski definition) is 4. The molecule has 1 heterocycles. The molecule has 0 aromatic carbocycles. The van der Waals surface area contributed by atoms with Gasteiger partial charge in [-0.1, -0.05) is 13.3 Å². The van der Waals surface area contributed by atoms with Crippen LogP contribution in [0.2, 0.25) is 0 Å². The molecule has 1 rings (SSSR count). The molecule has 0 radical (unpaired) electrons. The number of carbonyl (C=O) groups is 1. The molecule has 1 aliphatic rings. The van der Waals surface area contributed by atoms with Gasteiger partial charge in [0.1, 0.15) is 0 Å². The summed E-state index contributed by atoms with van der Waals surface area (Å²) in [5, 5.41) is 3.04. The Morgan fingerprint density at radius 1 is 1.40 bits per heavy atom. The second kappa shape index (κ2) is 8.17. The van der Waals surface area contributed by atoms with Crippen molar-refractivity contribution in [3.8, 4) is 0 Å². The van der Waals surface area contributed by atoms with Gasteiger partial charge < -0.3 is 20.7 Å². The molecule has 0 aromatic heterocycles. The van der Waals surface area contributed by atoms with E-state index in [1.54, 1.807) is 6.92 Å². The highest BCUT2D eigenvalue weighted by Crippen LogP contribution is 2.25. The molecule has 0 saturated carbocycles. The maximum atomic E-state index is 12.2. The minimum Gasteiger partial charge on any atom is -0.381 e. The van der Waals surface area contributed by atoms with Crippen LogP contribution in [0.3, 0.4) is 0 Å². The number of halogens is 1. The SMILES string of the molecule is CCCC(C)(N)C(=O)NCC1(N(C)C)CCOCC1.Cl. The maximum Gasteiger partial charge on any atom is 0.239 e. The van der Waals surface area contributed by atoms with Gasteiger partial charge in [0, 0.05) is 25.3 Å². The Morgan fingerprint density at radius 2 is 1.95 bits per heavy atom. The normalized spacial score (nSPS) is 20.9. The lowest BCUT2D eigenvalue weighted by Crippen LogP contribution is -2.59. The third-order valence-corrected chi connectivity index (χ3v) is 4.24. The zero-order valence-electron chi connectivity index (χ0n) is 13.2. The molecular formula is C14H30ClN3O2. The van der Waals surface area contributed by atoms with Gasteiger partial charge in [0.2, 0.25) is 5.91 Å². The van der Waals surface area contributed by atoms with E-state index in [0.717, 1.165) is 32.5 Å². The highest BCUT2D eigenvalue weighted by molar-refractivity contribution is 5.85. The molecule has 1 amide bonds. The summed E-state index contributed by atoms with van der Waals surface area (Å²) in [5.41, 5.74) is 5.28. The lowest BCUT2D eigenvalue weighted by atomic mass is 9.88. The minimum atomic E-state index is -0.770. The Bertz CT molecular complexity index is 303. The van der Waals surface area contributed by atoms with E-state index in [1.165, 1.54) is 0 Å². The molecule has 1 aliphatic heterocycles. The highest BCUT2D eigenvalue weighted by atomic mass is 35.5. The molecule has 5 nitrogen and oxygen atoms in total. The Labute approximate surface area is 129 Å². The fourth-order valence-electron chi connectivity index (χ4n) is 2.61. The van der Waals surface area contributed by atoms with Crippen molar-refractivity contribution in [2.24, 2.45) is 5.73 Å². The topological polar surface area (TPSA) is 67.6 Å². The third-order valence-electron chi connectivity index (χ3n) is 4.24. The molecule has 3 N–H and O–H groups in total. The Balaban J connectivity index is 0.00000361. The summed E-state index contributed by atoms with van der Waals surface area (Å²) in [6.45, 7) is 5.99. The number of hydrogen-bond donors (Lipinski definition) is 2. The summed E-state index contributed by atoms with van der Waals surface area (Å²) in [5.74, 6) is -0.0536. The van der Waals surface area contributed by atoms with Gasteiger partial charge in [-0.05, 0) is 40.3 Å². The number of rotatable bonds is 6. The lowest BCUT2D eigenvalue weighted by Gasteiger charge is -2.43. The van der Waals surface area contributed by atoms with Crippen molar-refractivity contribution in [1.29, 1.82) is 0 Å². The number of carbonyl (C=O) groups excluding carboxylic acids is 1. The molecule has 1 fully saturated rings. The zero-order valence-corrected chi connectivity index (χ0v) is 14.0. The summed E-state index contributed by atoms with van der Waals surface area (Å²) in [7, 11) is 4.12. The van der Waals surface area contributed by atoms with Gasteiger partial charge in [0.15, 0.2) is 0 Å². The monoisotopic (exact) mass is 307 g/mol. The van der Waals surface area contributed by atoms with Gasteiger partial charge in [0.05, 0.1) is 5.54 Å². The van der Waals surface area contributed by atoms with E-state index >= 15 is 0 Å². The van der Waals surface area contributed by atoms with Gasteiger partial charge in [0.25, 0.3) is 0 Å². The third kappa shape index (κ3) is 4.88. The largest absolute Gasteiger partial charge is 0.381 e. The van der Waals surface area contributed by atoms with Gasteiger partial charge in [-0.3, -0.25) is 4.79 Å². The quantitative estimate of drug-likeness (QED) is 0.772. The van der Waals surface area contributed by atoms with E-state index < -0.39 is 5.54 Å². The van der Waals surface area contributed by atoms with Crippen LogP contribution in [0.5, 0.6) is 0 Å². The Morgan fingerprint density at radius 3 is 2.40 bits per heavy atom. The molecule has 0 spiro atoms. The average Bonchev–Trinajstić information content (AvgIpc) is 2.36. The van der Waals surface area contributed by atoms with Crippen molar-refractivity contribution < 1.29 is 9.53 Å². The van der Waals surface area contributed by atoms with E-state index in [9.17, 15) is 4.79 Å². The second-order valence-corrected chi connectivity index (χ2v) is 6.08. The van der Waals surface area contributed by atoms with E-state index in [0.29, 0.717) is 13.0 Å². The smallest absolute Gasteiger partial charge is 0.239 e. The van der Waals surface area contributed by atoms with E-state index in [2.05, 4.69) is 24.3 Å². The van der Waals surface area contributed by atoms with Crippen LogP contribution in [-0.2, 0) is 9.53 Å². The van der Waals surface area contributed by atoms with Crippen LogP contribution in [0.1, 0.15) is 39.5 Å². The molecule has 20 heavy (non-hydrogen) atoms. The summed E-state index contributed by atoms with van der Waals surface area (Å²) < 4.78 is 5.42. The second-order valence-electron chi connectivity index (χ2n) is 6.08. The Kier molecular flexibility index (Phi) is 8.03. The van der Waals surface area contributed by atoms with Crippen LogP contribution in [-0.4, -0.2) is 55.7 Å². The molecule has 0 aromatic rings. The first-order chi connectivity index (χ1) is 8.84. The van der Waals surface area contributed by atoms with Crippen molar-refractivity contribution >= 4 is 18.3 Å². The first-order valence-corrected chi connectivity index (χ1v) is 7.16. The number of ether oxygens (including phenoxy) is 1. The van der Waals surface area contributed by atoms with Crippen LogP contribution in [0, 0.1) is 0 Å². The first-order valence-electron chi connectivity index (χ1n) is 7.16. The zero-order chi connectivity index (χ0) is 14.5. The van der Waals surface area contributed by atoms with Crippen LogP contribution < -0.4 is 11.1 Å². The number of nitrogens with zero attached hydrogens (tertiary/aromatic N) is 1. The van der Waals surface area contributed by atoms with Crippen LogP contribution in [0.4, 0.5) is 0 Å². The highest BCUT2D eigenvalue weighted by Gasteiger charge is 2.36. The molecule has 6 heteroatoms. The minimum absolute atomic E-state index is 0. The van der Waals surface area contributed by atoms with Crippen molar-refractivity contribution in [3.05, 3.63) is 0 Å². The first kappa shape index (κ1) is 19.6. The molecule has 0 bridgehead atoms. The Hall–Kier alpha value is -0.360. The predicted molar refractivity (Wildman–Crippen MR) is 84.2 cm³/mol. The lowest BCUT2D eigenvalue weighted by molar-refractivity contribution is -0.127. The van der Waals surface area contributed by atoms with Gasteiger partial charge >= 0.3 is 0 Å². The maximum absolute atomic E-state index is 12.2. The number of amides is 1. The summed E-state index contributed by atoms with van der Waals surface area (Å²) >= 11 is 0. The van der Waals surface area contributed by atoms with E-state index in [4.69, 9.17) is 10.5 Å². The molecule has 120 valence electrons. The van der Waals surface area contributed by atoms with Crippen LogP contribution >= 0.6 is 12.4 Å². The van der Waals surface area contributed by atoms with Crippen molar-refractivity contribution in [1.82, 2.24) is 10.2 Å². The molecular weight excluding hydrogens is 278 g/mol. The van der Waals surface area contributed by atoms with Crippen molar-refractivity contribution in [3.63, 3.8) is 0 Å². The fraction of sp³-hybridized carbons (Fsp3) is 0.929. The predicted octanol–water partition coefficient (Wildman–Crippen LogP) is 1.15. The summed E-state index contributed by atoms with van der Waals surface area (Å²) in [4.78, 5) is 14.4. The molecule has 1 unspecified atom stereocenters. The summed E-state index contributed by atoms with van der Waals surface area (Å²) in [6.07, 6.45) is 3.49. The van der Waals surface area contributed by atoms with Gasteiger partial charge in [-0.25, -0.2) is 0 Å². The fourth-order valence-corrected chi connectivity index (χ4v) is 2.61. The summed E-state index contributed by atoms with van der Waals surface area (Å²) in [6, 6.07) is 0. The van der Waals surface area contributed by atoms with Gasteiger partial charge in [-0.2, -0.15) is 0 Å². The number of nitrogens with two attached hydrogens (primary N) is 1. The van der Waals surface area contributed by atoms with Crippen molar-refractivity contribution in [2.75, 3.05) is 33.9 Å². The standard InChI is InChI=1S/C14H29N3O2.ClH/c1-5-6-13(2,15)12(18)16-11-14(17(3)4)7-9-19-10-8-14;/h5-11,15H2,1-4H3,(H,16,18);1H. The van der Waals surface area contributed by atoms with Crippen molar-refractivity contribution in [2.45, 2.75) is 50.6 Å². The number of nitrogens with one attached hydrogen (secondary N) is 1.